The van der Waals surface area contributed by atoms with Crippen molar-refractivity contribution in [3.05, 3.63) is 40.4 Å². The number of aromatic hydroxyl groups is 1. The van der Waals surface area contributed by atoms with Crippen molar-refractivity contribution in [2.75, 3.05) is 0 Å². The predicted molar refractivity (Wildman–Crippen MR) is 71.2 cm³/mol. The fourth-order valence-electron chi connectivity index (χ4n) is 2.12. The van der Waals surface area contributed by atoms with Gasteiger partial charge in [0.2, 0.25) is 0 Å². The Bertz CT molecular complexity index is 588. The summed E-state index contributed by atoms with van der Waals surface area (Å²) >= 11 is 3.44. The van der Waals surface area contributed by atoms with Crippen LogP contribution in [0.4, 0.5) is 0 Å². The van der Waals surface area contributed by atoms with Crippen molar-refractivity contribution in [2.45, 2.75) is 24.9 Å². The Morgan fingerprint density at radius 3 is 2.59 bits per heavy atom. The molecule has 0 bridgehead atoms. The third-order valence-corrected chi connectivity index (χ3v) is 3.84. The first kappa shape index (κ1) is 11.1. The molecule has 1 fully saturated rings. The molecule has 17 heavy (non-hydrogen) atoms. The van der Waals surface area contributed by atoms with Gasteiger partial charge in [-0.1, -0.05) is 22.0 Å². The largest absolute Gasteiger partial charge is 0.508 e. The van der Waals surface area contributed by atoms with E-state index in [4.69, 9.17) is 0 Å². The fourth-order valence-corrected chi connectivity index (χ4v) is 2.50. The number of hydrogen-bond donors (Lipinski definition) is 2. The summed E-state index contributed by atoms with van der Waals surface area (Å²) in [6, 6.07) is 9.68. The summed E-state index contributed by atoms with van der Waals surface area (Å²) in [4.78, 5) is 0. The van der Waals surface area contributed by atoms with Crippen molar-refractivity contribution < 1.29 is 10.2 Å². The summed E-state index contributed by atoms with van der Waals surface area (Å²) < 4.78 is 1.02. The molecule has 2 N–H and O–H groups in total. The van der Waals surface area contributed by atoms with Crippen LogP contribution in [-0.4, -0.2) is 15.8 Å². The van der Waals surface area contributed by atoms with E-state index < -0.39 is 5.60 Å². The van der Waals surface area contributed by atoms with E-state index in [0.29, 0.717) is 6.42 Å². The van der Waals surface area contributed by atoms with Gasteiger partial charge in [-0.25, -0.2) is 0 Å². The highest BCUT2D eigenvalue weighted by atomic mass is 79.9. The second-order valence-electron chi connectivity index (χ2n) is 4.87. The molecular weight excluding hydrogens is 280 g/mol. The SMILES string of the molecule is Oc1cc2ccc(Br)cc2cc1CC1(O)CC1. The summed E-state index contributed by atoms with van der Waals surface area (Å²) in [6.45, 7) is 0. The second kappa shape index (κ2) is 3.72. The Labute approximate surface area is 108 Å². The van der Waals surface area contributed by atoms with Gasteiger partial charge in [0.15, 0.2) is 0 Å². The zero-order chi connectivity index (χ0) is 12.0. The van der Waals surface area contributed by atoms with Crippen molar-refractivity contribution in [1.29, 1.82) is 0 Å². The van der Waals surface area contributed by atoms with E-state index in [9.17, 15) is 10.2 Å². The van der Waals surface area contributed by atoms with E-state index in [0.717, 1.165) is 33.7 Å². The molecule has 2 aromatic carbocycles. The normalized spacial score (nSPS) is 17.3. The van der Waals surface area contributed by atoms with Gasteiger partial charge in [-0.05, 0) is 53.4 Å². The number of phenols is 1. The van der Waals surface area contributed by atoms with Crippen molar-refractivity contribution in [3.8, 4) is 5.75 Å². The molecule has 0 heterocycles. The lowest BCUT2D eigenvalue weighted by Gasteiger charge is -2.11. The predicted octanol–water partition coefficient (Wildman–Crippen LogP) is 3.38. The van der Waals surface area contributed by atoms with Crippen LogP contribution in [0.5, 0.6) is 5.75 Å². The Balaban J connectivity index is 2.08. The average molecular weight is 293 g/mol. The smallest absolute Gasteiger partial charge is 0.119 e. The third kappa shape index (κ3) is 2.17. The lowest BCUT2D eigenvalue weighted by molar-refractivity contribution is 0.150. The average Bonchev–Trinajstić information content (AvgIpc) is 2.98. The van der Waals surface area contributed by atoms with Crippen LogP contribution >= 0.6 is 15.9 Å². The Morgan fingerprint density at radius 2 is 1.88 bits per heavy atom. The molecule has 3 rings (SSSR count). The molecule has 1 aliphatic rings. The van der Waals surface area contributed by atoms with Crippen LogP contribution in [0.2, 0.25) is 0 Å². The number of benzene rings is 2. The van der Waals surface area contributed by atoms with Crippen molar-refractivity contribution in [2.24, 2.45) is 0 Å². The van der Waals surface area contributed by atoms with Crippen LogP contribution in [0.15, 0.2) is 34.8 Å². The molecule has 0 aliphatic heterocycles. The van der Waals surface area contributed by atoms with Crippen LogP contribution < -0.4 is 0 Å². The van der Waals surface area contributed by atoms with Crippen molar-refractivity contribution >= 4 is 26.7 Å². The van der Waals surface area contributed by atoms with Gasteiger partial charge in [0.05, 0.1) is 5.60 Å². The third-order valence-electron chi connectivity index (χ3n) is 3.35. The maximum atomic E-state index is 9.95. The number of halogens is 1. The fraction of sp³-hybridized carbons (Fsp3) is 0.286. The van der Waals surface area contributed by atoms with Gasteiger partial charge in [-0.15, -0.1) is 0 Å². The molecule has 3 heteroatoms. The number of rotatable bonds is 2. The molecule has 0 saturated heterocycles. The maximum absolute atomic E-state index is 9.95. The van der Waals surface area contributed by atoms with Gasteiger partial charge < -0.3 is 10.2 Å². The summed E-state index contributed by atoms with van der Waals surface area (Å²) in [5, 5.41) is 22.0. The number of phenolic OH excluding ortho intramolecular Hbond substituents is 1. The van der Waals surface area contributed by atoms with E-state index >= 15 is 0 Å². The first-order chi connectivity index (χ1) is 8.06. The topological polar surface area (TPSA) is 40.5 Å². The van der Waals surface area contributed by atoms with Gasteiger partial charge in [-0.3, -0.25) is 0 Å². The zero-order valence-corrected chi connectivity index (χ0v) is 10.9. The summed E-state index contributed by atoms with van der Waals surface area (Å²) in [7, 11) is 0. The van der Waals surface area contributed by atoms with Gasteiger partial charge >= 0.3 is 0 Å². The van der Waals surface area contributed by atoms with Crippen LogP contribution in [-0.2, 0) is 6.42 Å². The van der Waals surface area contributed by atoms with Gasteiger partial charge in [-0.2, -0.15) is 0 Å². The lowest BCUT2D eigenvalue weighted by Crippen LogP contribution is -2.10. The molecular formula is C14H13BrO2. The second-order valence-corrected chi connectivity index (χ2v) is 5.79. The Hall–Kier alpha value is -1.06. The molecule has 0 amide bonds. The highest BCUT2D eigenvalue weighted by molar-refractivity contribution is 9.10. The molecule has 0 radical (unpaired) electrons. The first-order valence-electron chi connectivity index (χ1n) is 5.69. The maximum Gasteiger partial charge on any atom is 0.119 e. The minimum absolute atomic E-state index is 0.278. The lowest BCUT2D eigenvalue weighted by atomic mass is 10.0. The van der Waals surface area contributed by atoms with Crippen molar-refractivity contribution in [3.63, 3.8) is 0 Å². The molecule has 88 valence electrons. The molecule has 2 nitrogen and oxygen atoms in total. The van der Waals surface area contributed by atoms with Gasteiger partial charge in [0.25, 0.3) is 0 Å². The van der Waals surface area contributed by atoms with E-state index in [-0.39, 0.29) is 5.75 Å². The molecule has 0 atom stereocenters. The first-order valence-corrected chi connectivity index (χ1v) is 6.49. The number of hydrogen-bond acceptors (Lipinski definition) is 2. The molecule has 0 unspecified atom stereocenters. The molecule has 1 aliphatic carbocycles. The van der Waals surface area contributed by atoms with Gasteiger partial charge in [0, 0.05) is 10.9 Å². The Kier molecular flexibility index (Phi) is 2.42. The van der Waals surface area contributed by atoms with Crippen LogP contribution in [0.25, 0.3) is 10.8 Å². The minimum atomic E-state index is -0.572. The standard InChI is InChI=1S/C14H13BrO2/c15-12-2-1-9-7-13(16)11(5-10(9)6-12)8-14(17)3-4-14/h1-2,5-7,16-17H,3-4,8H2. The monoisotopic (exact) mass is 292 g/mol. The number of fused-ring (bicyclic) bond motifs is 1. The molecule has 0 spiro atoms. The summed E-state index contributed by atoms with van der Waals surface area (Å²) in [6.07, 6.45) is 2.22. The van der Waals surface area contributed by atoms with E-state index in [1.165, 1.54) is 0 Å². The van der Waals surface area contributed by atoms with E-state index in [1.54, 1.807) is 6.07 Å². The quantitative estimate of drug-likeness (QED) is 0.891. The molecule has 2 aromatic rings. The van der Waals surface area contributed by atoms with Crippen LogP contribution in [0.1, 0.15) is 18.4 Å². The highest BCUT2D eigenvalue weighted by Crippen LogP contribution is 2.40. The summed E-state index contributed by atoms with van der Waals surface area (Å²) in [5.74, 6) is 0.278. The number of aliphatic hydroxyl groups is 1. The molecule has 1 saturated carbocycles. The van der Waals surface area contributed by atoms with Crippen molar-refractivity contribution in [1.82, 2.24) is 0 Å². The van der Waals surface area contributed by atoms with Crippen LogP contribution in [0, 0.1) is 0 Å². The van der Waals surface area contributed by atoms with E-state index in [2.05, 4.69) is 15.9 Å². The zero-order valence-electron chi connectivity index (χ0n) is 9.28. The minimum Gasteiger partial charge on any atom is -0.508 e. The van der Waals surface area contributed by atoms with Crippen LogP contribution in [0.3, 0.4) is 0 Å². The highest BCUT2D eigenvalue weighted by Gasteiger charge is 2.40. The van der Waals surface area contributed by atoms with Gasteiger partial charge in [0.1, 0.15) is 5.75 Å². The molecule has 0 aromatic heterocycles. The Morgan fingerprint density at radius 1 is 1.12 bits per heavy atom. The van der Waals surface area contributed by atoms with E-state index in [1.807, 2.05) is 24.3 Å². The summed E-state index contributed by atoms with van der Waals surface area (Å²) in [5.41, 5.74) is 0.257.